The molecule has 0 saturated carbocycles. The van der Waals surface area contributed by atoms with E-state index in [4.69, 9.17) is 17.3 Å². The van der Waals surface area contributed by atoms with Crippen molar-refractivity contribution in [3.63, 3.8) is 0 Å². The number of sulfonamides is 1. The molecule has 2 aromatic rings. The van der Waals surface area contributed by atoms with Crippen LogP contribution >= 0.6 is 11.6 Å². The third kappa shape index (κ3) is 2.24. The first-order chi connectivity index (χ1) is 10.4. The summed E-state index contributed by atoms with van der Waals surface area (Å²) in [7, 11) is -3.98. The highest BCUT2D eigenvalue weighted by Crippen LogP contribution is 2.38. The Kier molecular flexibility index (Phi) is 3.58. The lowest BCUT2D eigenvalue weighted by Crippen LogP contribution is -2.46. The maximum absolute atomic E-state index is 13.0. The predicted octanol–water partition coefficient (Wildman–Crippen LogP) is 1.95. The second-order valence-electron chi connectivity index (χ2n) is 4.98. The van der Waals surface area contributed by atoms with Crippen molar-refractivity contribution in [3.8, 4) is 0 Å². The van der Waals surface area contributed by atoms with E-state index in [9.17, 15) is 13.2 Å². The molecule has 0 aromatic heterocycles. The van der Waals surface area contributed by atoms with Gasteiger partial charge in [-0.25, -0.2) is 8.42 Å². The summed E-state index contributed by atoms with van der Waals surface area (Å²) in [6, 6.07) is 12.1. The van der Waals surface area contributed by atoms with Crippen LogP contribution < -0.4 is 10.0 Å². The second-order valence-corrected chi connectivity index (χ2v) is 7.17. The largest absolute Gasteiger partial charge is 0.368 e. The highest BCUT2D eigenvalue weighted by atomic mass is 35.5. The number of hydrogen-bond donors (Lipinski definition) is 1. The zero-order valence-corrected chi connectivity index (χ0v) is 13.0. The van der Waals surface area contributed by atoms with Gasteiger partial charge >= 0.3 is 0 Å². The number of amides is 1. The van der Waals surface area contributed by atoms with Crippen LogP contribution in [0, 0.1) is 0 Å². The predicted molar refractivity (Wildman–Crippen MR) is 84.2 cm³/mol. The fourth-order valence-corrected chi connectivity index (χ4v) is 4.79. The van der Waals surface area contributed by atoms with Gasteiger partial charge in [0.05, 0.1) is 10.7 Å². The van der Waals surface area contributed by atoms with Gasteiger partial charge in [-0.15, -0.1) is 0 Å². The van der Waals surface area contributed by atoms with E-state index in [1.165, 1.54) is 12.1 Å². The molecule has 5 nitrogen and oxygen atoms in total. The summed E-state index contributed by atoms with van der Waals surface area (Å²) in [5, 5.41) is 0.107. The minimum absolute atomic E-state index is 0.0420. The van der Waals surface area contributed by atoms with Gasteiger partial charge in [0.2, 0.25) is 5.91 Å². The Bertz CT molecular complexity index is 851. The lowest BCUT2D eigenvalue weighted by atomic mass is 10.1. The van der Waals surface area contributed by atoms with Crippen LogP contribution in [-0.4, -0.2) is 20.4 Å². The summed E-state index contributed by atoms with van der Waals surface area (Å²) in [6.45, 7) is 0. The minimum Gasteiger partial charge on any atom is -0.368 e. The monoisotopic (exact) mass is 336 g/mol. The number of fused-ring (bicyclic) bond motifs is 1. The lowest BCUT2D eigenvalue weighted by molar-refractivity contribution is -0.118. The molecule has 1 atom stereocenters. The molecule has 2 N–H and O–H groups in total. The molecule has 3 rings (SSSR count). The van der Waals surface area contributed by atoms with Crippen molar-refractivity contribution in [2.45, 2.75) is 17.4 Å². The molecule has 7 heteroatoms. The van der Waals surface area contributed by atoms with Gasteiger partial charge in [-0.2, -0.15) is 0 Å². The van der Waals surface area contributed by atoms with E-state index in [0.29, 0.717) is 5.69 Å². The SMILES string of the molecule is NC(=O)C1Cc2ccccc2N1S(=O)(=O)c1ccccc1Cl. The van der Waals surface area contributed by atoms with Crippen LogP contribution in [0.5, 0.6) is 0 Å². The highest BCUT2D eigenvalue weighted by Gasteiger charge is 2.41. The van der Waals surface area contributed by atoms with Gasteiger partial charge in [0.25, 0.3) is 10.0 Å². The van der Waals surface area contributed by atoms with Crippen LogP contribution in [0.1, 0.15) is 5.56 Å². The lowest BCUT2D eigenvalue weighted by Gasteiger charge is -2.25. The zero-order valence-electron chi connectivity index (χ0n) is 11.4. The molecule has 22 heavy (non-hydrogen) atoms. The molecule has 1 aliphatic heterocycles. The Morgan fingerprint density at radius 2 is 1.77 bits per heavy atom. The fourth-order valence-electron chi connectivity index (χ4n) is 2.63. The van der Waals surface area contributed by atoms with Gasteiger partial charge in [-0.05, 0) is 23.8 Å². The van der Waals surface area contributed by atoms with Crippen LogP contribution in [0.3, 0.4) is 0 Å². The van der Waals surface area contributed by atoms with E-state index >= 15 is 0 Å². The molecular formula is C15H13ClN2O3S. The Labute approximate surface area is 133 Å². The van der Waals surface area contributed by atoms with Gasteiger partial charge in [0.1, 0.15) is 10.9 Å². The summed E-state index contributed by atoms with van der Waals surface area (Å²) < 4.78 is 27.0. The van der Waals surface area contributed by atoms with Crippen molar-refractivity contribution in [1.82, 2.24) is 0 Å². The molecule has 0 spiro atoms. The van der Waals surface area contributed by atoms with Crippen molar-refractivity contribution in [3.05, 3.63) is 59.1 Å². The van der Waals surface area contributed by atoms with E-state index in [0.717, 1.165) is 9.87 Å². The Morgan fingerprint density at radius 3 is 2.45 bits per heavy atom. The topological polar surface area (TPSA) is 80.5 Å². The first-order valence-corrected chi connectivity index (χ1v) is 8.41. The molecule has 0 bridgehead atoms. The molecule has 114 valence electrons. The van der Waals surface area contributed by atoms with E-state index in [1.807, 2.05) is 0 Å². The van der Waals surface area contributed by atoms with Crippen molar-refractivity contribution in [1.29, 1.82) is 0 Å². The molecule has 0 fully saturated rings. The number of primary amides is 1. The van der Waals surface area contributed by atoms with Crippen LogP contribution in [-0.2, 0) is 21.2 Å². The Hall–Kier alpha value is -2.05. The summed E-state index contributed by atoms with van der Waals surface area (Å²) in [6.07, 6.45) is 0.259. The minimum atomic E-state index is -3.98. The first kappa shape index (κ1) is 14.9. The normalized spacial score (nSPS) is 17.3. The molecule has 2 aromatic carbocycles. The molecule has 1 amide bonds. The number of para-hydroxylation sites is 1. The molecule has 0 radical (unpaired) electrons. The highest BCUT2D eigenvalue weighted by molar-refractivity contribution is 7.93. The van der Waals surface area contributed by atoms with Crippen molar-refractivity contribution in [2.24, 2.45) is 5.73 Å². The van der Waals surface area contributed by atoms with Crippen LogP contribution in [0.15, 0.2) is 53.4 Å². The average molecular weight is 337 g/mol. The number of benzene rings is 2. The number of nitrogens with two attached hydrogens (primary N) is 1. The molecule has 1 heterocycles. The standard InChI is InChI=1S/C15H13ClN2O3S/c16-11-6-2-4-8-14(11)22(20,21)18-12-7-3-1-5-10(12)9-13(18)15(17)19/h1-8,13H,9H2,(H2,17,19). The van der Waals surface area contributed by atoms with Gasteiger partial charge in [0.15, 0.2) is 0 Å². The number of hydrogen-bond acceptors (Lipinski definition) is 3. The van der Waals surface area contributed by atoms with Crippen LogP contribution in [0.25, 0.3) is 0 Å². The smallest absolute Gasteiger partial charge is 0.266 e. The molecular weight excluding hydrogens is 324 g/mol. The van der Waals surface area contributed by atoms with Gasteiger partial charge in [0, 0.05) is 6.42 Å². The third-order valence-electron chi connectivity index (χ3n) is 3.63. The third-order valence-corrected chi connectivity index (χ3v) is 5.95. The van der Waals surface area contributed by atoms with E-state index < -0.39 is 22.0 Å². The van der Waals surface area contributed by atoms with Crippen molar-refractivity contribution < 1.29 is 13.2 Å². The first-order valence-electron chi connectivity index (χ1n) is 6.59. The quantitative estimate of drug-likeness (QED) is 0.930. The molecule has 0 aliphatic carbocycles. The van der Waals surface area contributed by atoms with E-state index in [2.05, 4.69) is 0 Å². The number of carbonyl (C=O) groups is 1. The maximum Gasteiger partial charge on any atom is 0.266 e. The van der Waals surface area contributed by atoms with Gasteiger partial charge in [-0.3, -0.25) is 9.10 Å². The summed E-state index contributed by atoms with van der Waals surface area (Å²) in [5.41, 5.74) is 6.63. The summed E-state index contributed by atoms with van der Waals surface area (Å²) in [4.78, 5) is 11.7. The van der Waals surface area contributed by atoms with Gasteiger partial charge < -0.3 is 5.73 Å². The Morgan fingerprint density at radius 1 is 1.14 bits per heavy atom. The number of halogens is 1. The number of nitrogens with zero attached hydrogens (tertiary/aromatic N) is 1. The van der Waals surface area contributed by atoms with E-state index in [-0.39, 0.29) is 16.3 Å². The van der Waals surface area contributed by atoms with Crippen LogP contribution in [0.2, 0.25) is 5.02 Å². The van der Waals surface area contributed by atoms with Gasteiger partial charge in [-0.1, -0.05) is 41.9 Å². The fraction of sp³-hybridized carbons (Fsp3) is 0.133. The Balaban J connectivity index is 2.20. The summed E-state index contributed by atoms with van der Waals surface area (Å²) >= 11 is 6.02. The van der Waals surface area contributed by atoms with Crippen LogP contribution in [0.4, 0.5) is 5.69 Å². The number of carbonyl (C=O) groups excluding carboxylic acids is 1. The van der Waals surface area contributed by atoms with E-state index in [1.54, 1.807) is 36.4 Å². The summed E-state index contributed by atoms with van der Waals surface area (Å²) in [5.74, 6) is -0.688. The number of rotatable bonds is 3. The maximum atomic E-state index is 13.0. The van der Waals surface area contributed by atoms with Crippen molar-refractivity contribution in [2.75, 3.05) is 4.31 Å². The molecule has 0 saturated heterocycles. The average Bonchev–Trinajstić information content (AvgIpc) is 2.88. The second kappa shape index (κ2) is 5.30. The zero-order chi connectivity index (χ0) is 15.9. The molecule has 1 aliphatic rings. The van der Waals surface area contributed by atoms with Crippen molar-refractivity contribution >= 4 is 33.2 Å². The number of anilines is 1. The molecule has 1 unspecified atom stereocenters.